The van der Waals surface area contributed by atoms with Crippen molar-refractivity contribution in [3.8, 4) is 11.3 Å². The van der Waals surface area contributed by atoms with Crippen molar-refractivity contribution in [3.63, 3.8) is 0 Å². The van der Waals surface area contributed by atoms with Crippen molar-refractivity contribution in [1.29, 1.82) is 0 Å². The molecule has 4 rings (SSSR count). The number of rotatable bonds is 6. The van der Waals surface area contributed by atoms with Gasteiger partial charge in [-0.2, -0.15) is 31.4 Å². The van der Waals surface area contributed by atoms with Crippen molar-refractivity contribution in [3.05, 3.63) is 100 Å². The molecule has 4 aromatic rings. The van der Waals surface area contributed by atoms with Crippen molar-refractivity contribution in [2.24, 2.45) is 10.1 Å². The van der Waals surface area contributed by atoms with Crippen LogP contribution >= 0.6 is 23.4 Å². The normalized spacial score (nSPS) is 12.6. The molecule has 0 saturated heterocycles. The van der Waals surface area contributed by atoms with Gasteiger partial charge in [-0.05, 0) is 55.3 Å². The SMILES string of the molecule is Cc1cc(-c2ccccc2)n(C(N)=NS(=O)(=O)c2cc(C)c(Cl)cc2SCc2ccc(C(F)(F)F)cc2)n1. The van der Waals surface area contributed by atoms with Crippen molar-refractivity contribution >= 4 is 39.3 Å². The second-order valence-electron chi connectivity index (χ2n) is 8.40. The molecular formula is C26H22ClF3N4O2S2. The van der Waals surface area contributed by atoms with Crippen molar-refractivity contribution in [2.75, 3.05) is 0 Å². The molecule has 0 radical (unpaired) electrons. The average molecular weight is 579 g/mol. The Morgan fingerprint density at radius 1 is 1.05 bits per heavy atom. The van der Waals surface area contributed by atoms with Crippen LogP contribution in [-0.2, 0) is 22.0 Å². The number of aryl methyl sites for hydroxylation is 2. The van der Waals surface area contributed by atoms with Crippen LogP contribution in [0.1, 0.15) is 22.4 Å². The Morgan fingerprint density at radius 2 is 1.71 bits per heavy atom. The topological polar surface area (TPSA) is 90.3 Å². The first kappa shape index (κ1) is 27.7. The Balaban J connectivity index is 1.68. The molecule has 6 nitrogen and oxygen atoms in total. The second kappa shape index (κ2) is 10.8. The van der Waals surface area contributed by atoms with E-state index in [1.54, 1.807) is 19.9 Å². The number of hydrogen-bond donors (Lipinski definition) is 1. The lowest BCUT2D eigenvalue weighted by atomic mass is 10.1. The highest BCUT2D eigenvalue weighted by Crippen LogP contribution is 2.35. The average Bonchev–Trinajstić information content (AvgIpc) is 3.26. The molecule has 0 bridgehead atoms. The van der Waals surface area contributed by atoms with E-state index in [1.807, 2.05) is 30.3 Å². The summed E-state index contributed by atoms with van der Waals surface area (Å²) in [5.41, 5.74) is 8.44. The van der Waals surface area contributed by atoms with Crippen molar-refractivity contribution in [1.82, 2.24) is 9.78 Å². The molecule has 12 heteroatoms. The fourth-order valence-electron chi connectivity index (χ4n) is 3.60. The maximum atomic E-state index is 13.4. The van der Waals surface area contributed by atoms with E-state index in [0.29, 0.717) is 27.5 Å². The Hall–Kier alpha value is -3.28. The quantitative estimate of drug-likeness (QED) is 0.156. The highest BCUT2D eigenvalue weighted by atomic mass is 35.5. The van der Waals surface area contributed by atoms with E-state index < -0.39 is 21.8 Å². The van der Waals surface area contributed by atoms with Crippen LogP contribution in [-0.4, -0.2) is 24.2 Å². The van der Waals surface area contributed by atoms with Crippen molar-refractivity contribution in [2.45, 2.75) is 35.6 Å². The van der Waals surface area contributed by atoms with Gasteiger partial charge in [0, 0.05) is 21.2 Å². The largest absolute Gasteiger partial charge is 0.416 e. The summed E-state index contributed by atoms with van der Waals surface area (Å²) in [6, 6.07) is 18.5. The van der Waals surface area contributed by atoms with E-state index >= 15 is 0 Å². The predicted octanol–water partition coefficient (Wildman–Crippen LogP) is 6.68. The van der Waals surface area contributed by atoms with Gasteiger partial charge in [-0.15, -0.1) is 16.2 Å². The standard InChI is InChI=1S/C26H22ClF3N4O2S2/c1-16-12-24(23(14-21(16)27)37-15-18-8-10-20(11-9-18)26(28,29)30)38(35,36)33-25(31)34-22(13-17(2)32-34)19-6-4-3-5-7-19/h3-14H,15H2,1-2H3,(H2,31,33). The zero-order valence-corrected chi connectivity index (χ0v) is 22.6. The number of alkyl halides is 3. The first-order valence-corrected chi connectivity index (χ1v) is 14.0. The van der Waals surface area contributed by atoms with Crippen LogP contribution in [0.15, 0.2) is 87.0 Å². The maximum Gasteiger partial charge on any atom is 0.416 e. The van der Waals surface area contributed by atoms with Gasteiger partial charge in [0.25, 0.3) is 10.0 Å². The van der Waals surface area contributed by atoms with Crippen LogP contribution in [0.2, 0.25) is 5.02 Å². The number of thioether (sulfide) groups is 1. The summed E-state index contributed by atoms with van der Waals surface area (Å²) in [7, 11) is -4.32. The summed E-state index contributed by atoms with van der Waals surface area (Å²) in [6.45, 7) is 3.41. The minimum absolute atomic E-state index is 0.121. The van der Waals surface area contributed by atoms with Gasteiger partial charge in [0.2, 0.25) is 5.96 Å². The summed E-state index contributed by atoms with van der Waals surface area (Å²) in [5, 5.41) is 4.65. The van der Waals surface area contributed by atoms with E-state index in [1.165, 1.54) is 28.9 Å². The Bertz CT molecular complexity index is 1600. The first-order chi connectivity index (χ1) is 17.8. The zero-order chi connectivity index (χ0) is 27.7. The van der Waals surface area contributed by atoms with Gasteiger partial charge in [0.1, 0.15) is 4.90 Å². The van der Waals surface area contributed by atoms with Crippen LogP contribution in [0.3, 0.4) is 0 Å². The van der Waals surface area contributed by atoms with Gasteiger partial charge >= 0.3 is 6.18 Å². The molecule has 1 heterocycles. The van der Waals surface area contributed by atoms with Crippen molar-refractivity contribution < 1.29 is 21.6 Å². The van der Waals surface area contributed by atoms with Gasteiger partial charge in [-0.25, -0.2) is 0 Å². The highest BCUT2D eigenvalue weighted by Gasteiger charge is 2.30. The van der Waals surface area contributed by atoms with E-state index in [4.69, 9.17) is 17.3 Å². The Morgan fingerprint density at radius 3 is 2.34 bits per heavy atom. The van der Waals surface area contributed by atoms with Crippen LogP contribution in [0.5, 0.6) is 0 Å². The van der Waals surface area contributed by atoms with Crippen LogP contribution in [0.4, 0.5) is 13.2 Å². The molecular weight excluding hydrogens is 557 g/mol. The lowest BCUT2D eigenvalue weighted by Crippen LogP contribution is -2.26. The second-order valence-corrected chi connectivity index (χ2v) is 11.4. The summed E-state index contributed by atoms with van der Waals surface area (Å²) in [6.07, 6.45) is -4.44. The molecule has 1 aromatic heterocycles. The number of halogens is 4. The molecule has 0 saturated carbocycles. The summed E-state index contributed by atoms with van der Waals surface area (Å²) >= 11 is 7.39. The maximum absolute atomic E-state index is 13.4. The minimum atomic E-state index is -4.44. The highest BCUT2D eigenvalue weighted by molar-refractivity contribution is 7.99. The molecule has 38 heavy (non-hydrogen) atoms. The number of sulfonamides is 1. The van der Waals surface area contributed by atoms with Crippen LogP contribution in [0, 0.1) is 13.8 Å². The third kappa shape index (κ3) is 6.23. The molecule has 3 aromatic carbocycles. The molecule has 198 valence electrons. The fraction of sp³-hybridized carbons (Fsp3) is 0.154. The third-order valence-corrected chi connectivity index (χ3v) is 8.49. The Kier molecular flexibility index (Phi) is 7.91. The predicted molar refractivity (Wildman–Crippen MR) is 144 cm³/mol. The van der Waals surface area contributed by atoms with Gasteiger partial charge in [-0.1, -0.05) is 54.1 Å². The van der Waals surface area contributed by atoms with E-state index in [9.17, 15) is 21.6 Å². The number of benzene rings is 3. The van der Waals surface area contributed by atoms with Crippen LogP contribution < -0.4 is 5.73 Å². The molecule has 0 aliphatic rings. The smallest absolute Gasteiger partial charge is 0.367 e. The molecule has 2 N–H and O–H groups in total. The lowest BCUT2D eigenvalue weighted by Gasteiger charge is -2.12. The van der Waals surface area contributed by atoms with E-state index in [-0.39, 0.29) is 21.5 Å². The van der Waals surface area contributed by atoms with Crippen LogP contribution in [0.25, 0.3) is 11.3 Å². The number of aromatic nitrogens is 2. The monoisotopic (exact) mass is 578 g/mol. The van der Waals surface area contributed by atoms with E-state index in [0.717, 1.165) is 29.5 Å². The Labute approximate surface area is 227 Å². The molecule has 0 amide bonds. The molecule has 0 spiro atoms. The van der Waals surface area contributed by atoms with Gasteiger partial charge in [0.05, 0.1) is 17.0 Å². The minimum Gasteiger partial charge on any atom is -0.367 e. The third-order valence-electron chi connectivity index (χ3n) is 5.51. The number of nitrogens with two attached hydrogens (primary N) is 1. The zero-order valence-electron chi connectivity index (χ0n) is 20.2. The summed E-state index contributed by atoms with van der Waals surface area (Å²) in [4.78, 5) is 0.168. The molecule has 0 aliphatic carbocycles. The summed E-state index contributed by atoms with van der Waals surface area (Å²) < 4.78 is 70.6. The van der Waals surface area contributed by atoms with Gasteiger partial charge in [-0.3, -0.25) is 0 Å². The molecule has 0 aliphatic heterocycles. The molecule has 0 unspecified atom stereocenters. The van der Waals surface area contributed by atoms with Gasteiger partial charge < -0.3 is 5.73 Å². The fourth-order valence-corrected chi connectivity index (χ4v) is 6.30. The van der Waals surface area contributed by atoms with E-state index in [2.05, 4.69) is 9.50 Å². The molecule has 0 fully saturated rings. The first-order valence-electron chi connectivity index (χ1n) is 11.2. The lowest BCUT2D eigenvalue weighted by molar-refractivity contribution is -0.137. The number of nitrogens with zero attached hydrogens (tertiary/aromatic N) is 3. The van der Waals surface area contributed by atoms with Gasteiger partial charge in [0.15, 0.2) is 0 Å². The number of hydrogen-bond acceptors (Lipinski definition) is 4. The molecule has 0 atom stereocenters. The summed E-state index contributed by atoms with van der Waals surface area (Å²) in [5.74, 6) is -0.140.